The third-order valence-electron chi connectivity index (χ3n) is 3.50. The van der Waals surface area contributed by atoms with Gasteiger partial charge in [0.25, 0.3) is 5.91 Å². The molecule has 116 valence electrons. The van der Waals surface area contributed by atoms with Gasteiger partial charge in [0.15, 0.2) is 6.10 Å². The average molecular weight is 292 g/mol. The Bertz CT molecular complexity index is 459. The zero-order chi connectivity index (χ0) is 15.1. The Morgan fingerprint density at radius 3 is 2.90 bits per heavy atom. The maximum atomic E-state index is 12.0. The Kier molecular flexibility index (Phi) is 6.02. The second kappa shape index (κ2) is 8.00. The lowest BCUT2D eigenvalue weighted by Gasteiger charge is -2.26. The van der Waals surface area contributed by atoms with Crippen LogP contribution in [0.2, 0.25) is 0 Å². The van der Waals surface area contributed by atoms with Crippen LogP contribution in [0.25, 0.3) is 0 Å². The van der Waals surface area contributed by atoms with E-state index in [0.29, 0.717) is 6.54 Å². The summed E-state index contributed by atoms with van der Waals surface area (Å²) in [5.74, 6) is 0.649. The Morgan fingerprint density at radius 1 is 1.43 bits per heavy atom. The molecule has 0 unspecified atom stereocenters. The van der Waals surface area contributed by atoms with Crippen LogP contribution in [0.15, 0.2) is 24.3 Å². The molecule has 1 aliphatic rings. The molecular formula is C16H24N2O3. The minimum Gasteiger partial charge on any atom is -0.481 e. The lowest BCUT2D eigenvalue weighted by Crippen LogP contribution is -2.43. The van der Waals surface area contributed by atoms with Gasteiger partial charge in [-0.1, -0.05) is 12.1 Å². The van der Waals surface area contributed by atoms with Crippen molar-refractivity contribution in [2.45, 2.75) is 20.0 Å². The van der Waals surface area contributed by atoms with Crippen molar-refractivity contribution in [2.24, 2.45) is 0 Å². The number of nitrogens with zero attached hydrogens (tertiary/aromatic N) is 1. The zero-order valence-electron chi connectivity index (χ0n) is 12.8. The van der Waals surface area contributed by atoms with E-state index in [1.54, 1.807) is 6.92 Å². The fourth-order valence-corrected chi connectivity index (χ4v) is 2.25. The van der Waals surface area contributed by atoms with Gasteiger partial charge in [-0.3, -0.25) is 9.69 Å². The van der Waals surface area contributed by atoms with E-state index in [1.165, 1.54) is 0 Å². The second-order valence-corrected chi connectivity index (χ2v) is 5.32. The molecule has 1 N–H and O–H groups in total. The van der Waals surface area contributed by atoms with Crippen LogP contribution in [0.4, 0.5) is 0 Å². The molecule has 0 aliphatic carbocycles. The monoisotopic (exact) mass is 292 g/mol. The lowest BCUT2D eigenvalue weighted by molar-refractivity contribution is -0.127. The molecule has 0 spiro atoms. The highest BCUT2D eigenvalue weighted by molar-refractivity contribution is 5.80. The van der Waals surface area contributed by atoms with Gasteiger partial charge < -0.3 is 14.8 Å². The van der Waals surface area contributed by atoms with Crippen molar-refractivity contribution in [3.63, 3.8) is 0 Å². The molecule has 1 atom stereocenters. The molecule has 5 nitrogen and oxygen atoms in total. The molecule has 1 saturated heterocycles. The molecule has 0 saturated carbocycles. The summed E-state index contributed by atoms with van der Waals surface area (Å²) in [5.41, 5.74) is 1.12. The van der Waals surface area contributed by atoms with Crippen LogP contribution in [0, 0.1) is 6.92 Å². The number of rotatable bonds is 6. The van der Waals surface area contributed by atoms with Crippen LogP contribution in [-0.2, 0) is 9.53 Å². The van der Waals surface area contributed by atoms with Crippen LogP contribution in [-0.4, -0.2) is 56.3 Å². The molecule has 0 bridgehead atoms. The SMILES string of the molecule is Cc1cccc(O[C@H](C)C(=O)NCCN2CCOCC2)c1. The number of nitrogens with one attached hydrogen (secondary N) is 1. The number of ether oxygens (including phenoxy) is 2. The standard InChI is InChI=1S/C16H24N2O3/c1-13-4-3-5-15(12-13)21-14(2)16(19)17-6-7-18-8-10-20-11-9-18/h3-5,12,14H,6-11H2,1-2H3,(H,17,19)/t14-/m1/s1. The van der Waals surface area contributed by atoms with Crippen LogP contribution in [0.3, 0.4) is 0 Å². The average Bonchev–Trinajstić information content (AvgIpc) is 2.48. The first-order valence-corrected chi connectivity index (χ1v) is 7.46. The van der Waals surface area contributed by atoms with E-state index < -0.39 is 6.10 Å². The number of aryl methyl sites for hydroxylation is 1. The Hall–Kier alpha value is -1.59. The second-order valence-electron chi connectivity index (χ2n) is 5.32. The molecule has 5 heteroatoms. The summed E-state index contributed by atoms with van der Waals surface area (Å²) in [7, 11) is 0. The van der Waals surface area contributed by atoms with Crippen molar-refractivity contribution >= 4 is 5.91 Å². The molecule has 21 heavy (non-hydrogen) atoms. The van der Waals surface area contributed by atoms with Crippen molar-refractivity contribution in [3.05, 3.63) is 29.8 Å². The summed E-state index contributed by atoms with van der Waals surface area (Å²) in [4.78, 5) is 14.3. The predicted molar refractivity (Wildman–Crippen MR) is 81.5 cm³/mol. The van der Waals surface area contributed by atoms with Crippen LogP contribution in [0.1, 0.15) is 12.5 Å². The summed E-state index contributed by atoms with van der Waals surface area (Å²) < 4.78 is 10.9. The molecule has 1 aromatic rings. The number of hydrogen-bond acceptors (Lipinski definition) is 4. The van der Waals surface area contributed by atoms with E-state index in [0.717, 1.165) is 44.2 Å². The predicted octanol–water partition coefficient (Wildman–Crippen LogP) is 1.21. The van der Waals surface area contributed by atoms with E-state index in [1.807, 2.05) is 31.2 Å². The first-order chi connectivity index (χ1) is 10.1. The number of hydrogen-bond donors (Lipinski definition) is 1. The molecule has 2 rings (SSSR count). The summed E-state index contributed by atoms with van der Waals surface area (Å²) in [6.45, 7) is 8.69. The number of carbonyl (C=O) groups is 1. The number of carbonyl (C=O) groups excluding carboxylic acids is 1. The van der Waals surface area contributed by atoms with E-state index in [9.17, 15) is 4.79 Å². The molecule has 1 fully saturated rings. The van der Waals surface area contributed by atoms with Crippen LogP contribution in [0.5, 0.6) is 5.75 Å². The Labute approximate surface area is 126 Å². The fraction of sp³-hybridized carbons (Fsp3) is 0.562. The lowest BCUT2D eigenvalue weighted by atomic mass is 10.2. The fourth-order valence-electron chi connectivity index (χ4n) is 2.25. The van der Waals surface area contributed by atoms with E-state index in [2.05, 4.69) is 10.2 Å². The smallest absolute Gasteiger partial charge is 0.260 e. The van der Waals surface area contributed by atoms with Gasteiger partial charge in [-0.05, 0) is 31.5 Å². The molecular weight excluding hydrogens is 268 g/mol. The molecule has 0 radical (unpaired) electrons. The first-order valence-electron chi connectivity index (χ1n) is 7.46. The first kappa shape index (κ1) is 15.8. The minimum absolute atomic E-state index is 0.0789. The Morgan fingerprint density at radius 2 is 2.19 bits per heavy atom. The van der Waals surface area contributed by atoms with Crippen molar-refractivity contribution in [1.82, 2.24) is 10.2 Å². The van der Waals surface area contributed by atoms with Gasteiger partial charge in [0.05, 0.1) is 13.2 Å². The van der Waals surface area contributed by atoms with Gasteiger partial charge in [0, 0.05) is 26.2 Å². The normalized spacial score (nSPS) is 17.2. The summed E-state index contributed by atoms with van der Waals surface area (Å²) in [6.07, 6.45) is -0.489. The quantitative estimate of drug-likeness (QED) is 0.856. The van der Waals surface area contributed by atoms with Crippen molar-refractivity contribution in [1.29, 1.82) is 0 Å². The largest absolute Gasteiger partial charge is 0.481 e. The number of morpholine rings is 1. The summed E-state index contributed by atoms with van der Waals surface area (Å²) in [5, 5.41) is 2.92. The highest BCUT2D eigenvalue weighted by Gasteiger charge is 2.15. The van der Waals surface area contributed by atoms with E-state index in [-0.39, 0.29) is 5.91 Å². The maximum Gasteiger partial charge on any atom is 0.260 e. The van der Waals surface area contributed by atoms with Gasteiger partial charge in [-0.2, -0.15) is 0 Å². The van der Waals surface area contributed by atoms with Crippen LogP contribution < -0.4 is 10.1 Å². The highest BCUT2D eigenvalue weighted by atomic mass is 16.5. The summed E-state index contributed by atoms with van der Waals surface area (Å²) >= 11 is 0. The molecule has 1 aromatic carbocycles. The minimum atomic E-state index is -0.489. The van der Waals surface area contributed by atoms with Crippen molar-refractivity contribution in [3.8, 4) is 5.75 Å². The van der Waals surface area contributed by atoms with E-state index in [4.69, 9.17) is 9.47 Å². The molecule has 0 aromatic heterocycles. The third kappa shape index (κ3) is 5.36. The van der Waals surface area contributed by atoms with Gasteiger partial charge in [0.2, 0.25) is 0 Å². The van der Waals surface area contributed by atoms with Crippen LogP contribution >= 0.6 is 0 Å². The maximum absolute atomic E-state index is 12.0. The van der Waals surface area contributed by atoms with Gasteiger partial charge in [-0.15, -0.1) is 0 Å². The molecule has 1 aliphatic heterocycles. The number of benzene rings is 1. The van der Waals surface area contributed by atoms with Crippen molar-refractivity contribution < 1.29 is 14.3 Å². The van der Waals surface area contributed by atoms with Gasteiger partial charge >= 0.3 is 0 Å². The van der Waals surface area contributed by atoms with Gasteiger partial charge in [-0.25, -0.2) is 0 Å². The topological polar surface area (TPSA) is 50.8 Å². The molecule has 1 heterocycles. The molecule has 1 amide bonds. The Balaban J connectivity index is 1.69. The van der Waals surface area contributed by atoms with E-state index >= 15 is 0 Å². The van der Waals surface area contributed by atoms with Crippen molar-refractivity contribution in [2.75, 3.05) is 39.4 Å². The zero-order valence-corrected chi connectivity index (χ0v) is 12.8. The summed E-state index contributed by atoms with van der Waals surface area (Å²) in [6, 6.07) is 7.72. The third-order valence-corrected chi connectivity index (χ3v) is 3.50. The highest BCUT2D eigenvalue weighted by Crippen LogP contribution is 2.14. The van der Waals surface area contributed by atoms with Gasteiger partial charge in [0.1, 0.15) is 5.75 Å². The number of amides is 1.